The first-order chi connectivity index (χ1) is 7.21. The van der Waals surface area contributed by atoms with E-state index in [4.69, 9.17) is 0 Å². The van der Waals surface area contributed by atoms with Crippen LogP contribution in [0, 0.1) is 0 Å². The number of aromatic hydroxyl groups is 1. The molecule has 2 heteroatoms. The van der Waals surface area contributed by atoms with Crippen LogP contribution in [-0.4, -0.2) is 11.7 Å². The Bertz CT molecular complexity index is 327. The molecule has 1 aliphatic heterocycles. The lowest BCUT2D eigenvalue weighted by Gasteiger charge is -2.30. The van der Waals surface area contributed by atoms with Crippen molar-refractivity contribution in [2.45, 2.75) is 38.1 Å². The molecule has 1 atom stereocenters. The topological polar surface area (TPSA) is 32.3 Å². The van der Waals surface area contributed by atoms with Crippen molar-refractivity contribution in [1.82, 2.24) is 5.32 Å². The van der Waals surface area contributed by atoms with E-state index in [0.717, 1.165) is 13.0 Å². The molecule has 2 nitrogen and oxygen atoms in total. The van der Waals surface area contributed by atoms with Gasteiger partial charge in [0.25, 0.3) is 0 Å². The molecular weight excluding hydrogens is 186 g/mol. The number of phenols is 1. The third-order valence-electron chi connectivity index (χ3n) is 3.35. The lowest BCUT2D eigenvalue weighted by molar-refractivity contribution is 0.357. The summed E-state index contributed by atoms with van der Waals surface area (Å²) in [7, 11) is 0. The Morgan fingerprint density at radius 1 is 1.27 bits per heavy atom. The van der Waals surface area contributed by atoms with Crippen LogP contribution in [0.1, 0.15) is 38.2 Å². The minimum Gasteiger partial charge on any atom is -0.508 e. The van der Waals surface area contributed by atoms with Crippen LogP contribution in [0.2, 0.25) is 0 Å². The highest BCUT2D eigenvalue weighted by Crippen LogP contribution is 2.30. The monoisotopic (exact) mass is 205 g/mol. The molecule has 1 fully saturated rings. The van der Waals surface area contributed by atoms with Gasteiger partial charge in [-0.2, -0.15) is 0 Å². The van der Waals surface area contributed by atoms with Gasteiger partial charge in [-0.1, -0.05) is 25.0 Å². The zero-order chi connectivity index (χ0) is 10.7. The first-order valence-electron chi connectivity index (χ1n) is 5.75. The van der Waals surface area contributed by atoms with Gasteiger partial charge in [0, 0.05) is 5.54 Å². The van der Waals surface area contributed by atoms with Gasteiger partial charge in [0.2, 0.25) is 0 Å². The summed E-state index contributed by atoms with van der Waals surface area (Å²) in [6, 6.07) is 7.61. The summed E-state index contributed by atoms with van der Waals surface area (Å²) in [4.78, 5) is 0. The van der Waals surface area contributed by atoms with E-state index >= 15 is 0 Å². The van der Waals surface area contributed by atoms with Crippen molar-refractivity contribution in [2.24, 2.45) is 0 Å². The van der Waals surface area contributed by atoms with E-state index in [-0.39, 0.29) is 5.54 Å². The van der Waals surface area contributed by atoms with E-state index < -0.39 is 0 Å². The Morgan fingerprint density at radius 3 is 2.93 bits per heavy atom. The number of nitrogens with one attached hydrogen (secondary N) is 1. The second-order valence-corrected chi connectivity index (χ2v) is 4.62. The van der Waals surface area contributed by atoms with Crippen LogP contribution >= 0.6 is 0 Å². The fraction of sp³-hybridized carbons (Fsp3) is 0.538. The summed E-state index contributed by atoms with van der Waals surface area (Å²) in [5.41, 5.74) is 1.24. The summed E-state index contributed by atoms with van der Waals surface area (Å²) >= 11 is 0. The molecule has 1 heterocycles. The zero-order valence-corrected chi connectivity index (χ0v) is 9.29. The standard InChI is InChI=1S/C13H19NO/c1-13(8-3-2-4-9-14-13)11-6-5-7-12(15)10-11/h5-7,10,14-15H,2-4,8-9H2,1H3. The van der Waals surface area contributed by atoms with Crippen LogP contribution in [0.5, 0.6) is 5.75 Å². The average molecular weight is 205 g/mol. The van der Waals surface area contributed by atoms with Gasteiger partial charge in [0.1, 0.15) is 5.75 Å². The van der Waals surface area contributed by atoms with Crippen LogP contribution < -0.4 is 5.32 Å². The first-order valence-corrected chi connectivity index (χ1v) is 5.75. The first kappa shape index (κ1) is 10.5. The Kier molecular flexibility index (Phi) is 2.96. The summed E-state index contributed by atoms with van der Waals surface area (Å²) in [5, 5.41) is 13.1. The Labute approximate surface area is 91.3 Å². The van der Waals surface area contributed by atoms with Crippen molar-refractivity contribution >= 4 is 0 Å². The molecule has 1 saturated heterocycles. The minimum absolute atomic E-state index is 0.0369. The van der Waals surface area contributed by atoms with Crippen LogP contribution in [0.3, 0.4) is 0 Å². The van der Waals surface area contributed by atoms with Gasteiger partial charge in [-0.05, 0) is 44.0 Å². The largest absolute Gasteiger partial charge is 0.508 e. The van der Waals surface area contributed by atoms with E-state index in [1.165, 1.54) is 24.8 Å². The Balaban J connectivity index is 2.26. The molecule has 0 spiro atoms. The maximum Gasteiger partial charge on any atom is 0.115 e. The van der Waals surface area contributed by atoms with Gasteiger partial charge in [-0.25, -0.2) is 0 Å². The van der Waals surface area contributed by atoms with Crippen LogP contribution in [0.4, 0.5) is 0 Å². The van der Waals surface area contributed by atoms with Crippen LogP contribution in [0.15, 0.2) is 24.3 Å². The molecule has 0 bridgehead atoms. The Morgan fingerprint density at radius 2 is 2.13 bits per heavy atom. The van der Waals surface area contributed by atoms with Crippen molar-refractivity contribution in [3.8, 4) is 5.75 Å². The molecule has 1 aromatic carbocycles. The molecule has 1 unspecified atom stereocenters. The van der Waals surface area contributed by atoms with Crippen LogP contribution in [0.25, 0.3) is 0 Å². The second kappa shape index (κ2) is 4.23. The molecule has 1 aliphatic rings. The molecule has 1 aromatic rings. The summed E-state index contributed by atoms with van der Waals surface area (Å²) in [6.45, 7) is 3.30. The van der Waals surface area contributed by atoms with E-state index in [0.29, 0.717) is 5.75 Å². The van der Waals surface area contributed by atoms with E-state index in [1.54, 1.807) is 6.07 Å². The number of hydrogen-bond acceptors (Lipinski definition) is 2. The lowest BCUT2D eigenvalue weighted by Crippen LogP contribution is -2.38. The van der Waals surface area contributed by atoms with E-state index in [9.17, 15) is 5.11 Å². The van der Waals surface area contributed by atoms with E-state index in [2.05, 4.69) is 18.3 Å². The van der Waals surface area contributed by atoms with Gasteiger partial charge in [-0.15, -0.1) is 0 Å². The van der Waals surface area contributed by atoms with Gasteiger partial charge in [-0.3, -0.25) is 0 Å². The SMILES string of the molecule is CC1(c2cccc(O)c2)CCCCCN1. The van der Waals surface area contributed by atoms with Gasteiger partial charge in [0.15, 0.2) is 0 Å². The molecule has 0 amide bonds. The van der Waals surface area contributed by atoms with Crippen molar-refractivity contribution in [2.75, 3.05) is 6.54 Å². The quantitative estimate of drug-likeness (QED) is 0.739. The number of hydrogen-bond donors (Lipinski definition) is 2. The summed E-state index contributed by atoms with van der Waals surface area (Å²) in [6.07, 6.45) is 4.98. The maximum absolute atomic E-state index is 9.50. The van der Waals surface area contributed by atoms with Crippen molar-refractivity contribution in [3.05, 3.63) is 29.8 Å². The fourth-order valence-corrected chi connectivity index (χ4v) is 2.33. The number of phenolic OH excluding ortho intramolecular Hbond substituents is 1. The summed E-state index contributed by atoms with van der Waals surface area (Å²) < 4.78 is 0. The van der Waals surface area contributed by atoms with Crippen molar-refractivity contribution < 1.29 is 5.11 Å². The van der Waals surface area contributed by atoms with Gasteiger partial charge in [0.05, 0.1) is 0 Å². The third-order valence-corrected chi connectivity index (χ3v) is 3.35. The normalized spacial score (nSPS) is 27.3. The van der Waals surface area contributed by atoms with Crippen LogP contribution in [-0.2, 0) is 5.54 Å². The molecule has 15 heavy (non-hydrogen) atoms. The highest BCUT2D eigenvalue weighted by atomic mass is 16.3. The minimum atomic E-state index is 0.0369. The molecule has 0 radical (unpaired) electrons. The van der Waals surface area contributed by atoms with Crippen molar-refractivity contribution in [3.63, 3.8) is 0 Å². The predicted octanol–water partition coefficient (Wildman–Crippen LogP) is 2.77. The summed E-state index contributed by atoms with van der Waals surface area (Å²) in [5.74, 6) is 0.361. The lowest BCUT2D eigenvalue weighted by atomic mass is 9.87. The molecule has 2 rings (SSSR count). The predicted molar refractivity (Wildman–Crippen MR) is 61.9 cm³/mol. The average Bonchev–Trinajstić information content (AvgIpc) is 2.44. The third kappa shape index (κ3) is 2.32. The van der Waals surface area contributed by atoms with Gasteiger partial charge >= 0.3 is 0 Å². The van der Waals surface area contributed by atoms with E-state index in [1.807, 2.05) is 12.1 Å². The molecule has 2 N–H and O–H groups in total. The highest BCUT2D eigenvalue weighted by Gasteiger charge is 2.26. The Hall–Kier alpha value is -1.02. The van der Waals surface area contributed by atoms with Gasteiger partial charge < -0.3 is 10.4 Å². The van der Waals surface area contributed by atoms with Crippen molar-refractivity contribution in [1.29, 1.82) is 0 Å². The fourth-order valence-electron chi connectivity index (χ4n) is 2.33. The molecule has 0 aromatic heterocycles. The molecule has 0 saturated carbocycles. The smallest absolute Gasteiger partial charge is 0.115 e. The zero-order valence-electron chi connectivity index (χ0n) is 9.29. The molecule has 82 valence electrons. The maximum atomic E-state index is 9.50. The molecule has 0 aliphatic carbocycles. The number of benzene rings is 1. The number of rotatable bonds is 1. The second-order valence-electron chi connectivity index (χ2n) is 4.62. The highest BCUT2D eigenvalue weighted by molar-refractivity contribution is 5.32. The molecular formula is C13H19NO.